The minimum Gasteiger partial charge on any atom is -0.486 e. The third-order valence-corrected chi connectivity index (χ3v) is 5.08. The van der Waals surface area contributed by atoms with Crippen LogP contribution in [0.15, 0.2) is 18.2 Å². The molecule has 1 aromatic carbocycles. The van der Waals surface area contributed by atoms with Gasteiger partial charge in [-0.15, -0.1) is 0 Å². The lowest BCUT2D eigenvalue weighted by molar-refractivity contribution is -0.0596. The summed E-state index contributed by atoms with van der Waals surface area (Å²) in [4.78, 5) is 2.62. The van der Waals surface area contributed by atoms with Crippen molar-refractivity contribution in [1.82, 2.24) is 4.90 Å². The van der Waals surface area contributed by atoms with Crippen LogP contribution in [-0.2, 0) is 6.42 Å². The van der Waals surface area contributed by atoms with Crippen LogP contribution in [0.1, 0.15) is 31.2 Å². The van der Waals surface area contributed by atoms with Gasteiger partial charge in [0.15, 0.2) is 11.5 Å². The Bertz CT molecular complexity index is 488. The molecule has 0 radical (unpaired) electrons. The van der Waals surface area contributed by atoms with Crippen molar-refractivity contribution in [2.75, 3.05) is 32.8 Å². The van der Waals surface area contributed by atoms with Gasteiger partial charge in [0.25, 0.3) is 0 Å². The molecule has 3 nitrogen and oxygen atoms in total. The second-order valence-electron chi connectivity index (χ2n) is 6.65. The zero-order valence-electron chi connectivity index (χ0n) is 12.1. The molecule has 1 aliphatic carbocycles. The van der Waals surface area contributed by atoms with Crippen LogP contribution in [0.2, 0.25) is 0 Å². The van der Waals surface area contributed by atoms with Crippen molar-refractivity contribution in [3.8, 4) is 11.5 Å². The molecular weight excluding hydrogens is 250 g/mol. The van der Waals surface area contributed by atoms with E-state index in [1.807, 2.05) is 0 Å². The lowest BCUT2D eigenvalue weighted by Gasteiger charge is -2.56. The van der Waals surface area contributed by atoms with Crippen molar-refractivity contribution >= 4 is 0 Å². The quantitative estimate of drug-likeness (QED) is 0.842. The Labute approximate surface area is 120 Å². The number of ether oxygens (including phenoxy) is 2. The fraction of sp³-hybridized carbons (Fsp3) is 0.647. The van der Waals surface area contributed by atoms with Gasteiger partial charge in [-0.1, -0.05) is 12.5 Å². The molecule has 3 heteroatoms. The Hall–Kier alpha value is -1.22. The first-order valence-corrected chi connectivity index (χ1v) is 7.94. The summed E-state index contributed by atoms with van der Waals surface area (Å²) in [7, 11) is 0. The summed E-state index contributed by atoms with van der Waals surface area (Å²) in [5, 5.41) is 0. The number of fused-ring (bicyclic) bond motifs is 1. The molecule has 0 atom stereocenters. The highest BCUT2D eigenvalue weighted by atomic mass is 16.6. The molecule has 2 aliphatic heterocycles. The summed E-state index contributed by atoms with van der Waals surface area (Å²) >= 11 is 0. The molecule has 0 unspecified atom stereocenters. The molecule has 108 valence electrons. The fourth-order valence-corrected chi connectivity index (χ4v) is 3.80. The highest BCUT2D eigenvalue weighted by Crippen LogP contribution is 2.48. The number of aryl methyl sites for hydroxylation is 1. The number of nitrogens with zero attached hydrogens (tertiary/aromatic N) is 1. The summed E-state index contributed by atoms with van der Waals surface area (Å²) in [5.41, 5.74) is 2.13. The van der Waals surface area contributed by atoms with Crippen LogP contribution in [0.3, 0.4) is 0 Å². The summed E-state index contributed by atoms with van der Waals surface area (Å²) in [6.07, 6.45) is 6.80. The topological polar surface area (TPSA) is 21.7 Å². The molecule has 1 spiro atoms. The van der Waals surface area contributed by atoms with Gasteiger partial charge in [0, 0.05) is 13.1 Å². The van der Waals surface area contributed by atoms with Gasteiger partial charge in [-0.3, -0.25) is 0 Å². The second-order valence-corrected chi connectivity index (χ2v) is 6.65. The Morgan fingerprint density at radius 1 is 1.05 bits per heavy atom. The Morgan fingerprint density at radius 2 is 1.85 bits per heavy atom. The summed E-state index contributed by atoms with van der Waals surface area (Å²) in [6, 6.07) is 6.38. The molecule has 2 heterocycles. The Balaban J connectivity index is 1.25. The minimum absolute atomic E-state index is 0.670. The largest absolute Gasteiger partial charge is 0.486 e. The Morgan fingerprint density at radius 3 is 2.60 bits per heavy atom. The second kappa shape index (κ2) is 4.96. The predicted octanol–water partition coefficient (Wildman–Crippen LogP) is 2.88. The van der Waals surface area contributed by atoms with E-state index in [9.17, 15) is 0 Å². The highest BCUT2D eigenvalue weighted by molar-refractivity contribution is 5.43. The first-order valence-electron chi connectivity index (χ1n) is 7.94. The molecule has 1 saturated heterocycles. The number of hydrogen-bond donors (Lipinski definition) is 0. The average Bonchev–Trinajstić information content (AvgIpc) is 2.39. The van der Waals surface area contributed by atoms with Crippen molar-refractivity contribution in [2.45, 2.75) is 32.1 Å². The lowest BCUT2D eigenvalue weighted by Crippen LogP contribution is -2.59. The molecule has 1 saturated carbocycles. The van der Waals surface area contributed by atoms with Gasteiger partial charge in [-0.2, -0.15) is 0 Å². The maximum absolute atomic E-state index is 5.64. The smallest absolute Gasteiger partial charge is 0.161 e. The van der Waals surface area contributed by atoms with Crippen molar-refractivity contribution in [3.63, 3.8) is 0 Å². The van der Waals surface area contributed by atoms with Gasteiger partial charge < -0.3 is 14.4 Å². The van der Waals surface area contributed by atoms with E-state index >= 15 is 0 Å². The zero-order valence-corrected chi connectivity index (χ0v) is 12.1. The van der Waals surface area contributed by atoms with Crippen molar-refractivity contribution in [1.29, 1.82) is 0 Å². The van der Waals surface area contributed by atoms with E-state index in [1.165, 1.54) is 50.9 Å². The molecule has 0 N–H and O–H groups in total. The zero-order chi connectivity index (χ0) is 13.4. The van der Waals surface area contributed by atoms with Crippen molar-refractivity contribution in [3.05, 3.63) is 23.8 Å². The van der Waals surface area contributed by atoms with E-state index in [0.717, 1.165) is 23.3 Å². The molecule has 4 rings (SSSR count). The molecule has 1 aromatic rings. The van der Waals surface area contributed by atoms with Gasteiger partial charge in [-0.05, 0) is 55.3 Å². The van der Waals surface area contributed by atoms with Gasteiger partial charge in [-0.25, -0.2) is 0 Å². The first kappa shape index (κ1) is 12.5. The van der Waals surface area contributed by atoms with E-state index in [0.29, 0.717) is 13.2 Å². The normalized spacial score (nSPS) is 23.2. The minimum atomic E-state index is 0.670. The summed E-state index contributed by atoms with van der Waals surface area (Å²) < 4.78 is 11.2. The monoisotopic (exact) mass is 273 g/mol. The van der Waals surface area contributed by atoms with Crippen molar-refractivity contribution in [2.24, 2.45) is 5.41 Å². The number of likely N-dealkylation sites (tertiary alicyclic amines) is 1. The van der Waals surface area contributed by atoms with Gasteiger partial charge >= 0.3 is 0 Å². The van der Waals surface area contributed by atoms with Crippen LogP contribution in [0.4, 0.5) is 0 Å². The van der Waals surface area contributed by atoms with Crippen LogP contribution in [0, 0.1) is 5.41 Å². The molecule has 0 bridgehead atoms. The van der Waals surface area contributed by atoms with Crippen LogP contribution in [0.5, 0.6) is 11.5 Å². The number of hydrogen-bond acceptors (Lipinski definition) is 3. The van der Waals surface area contributed by atoms with E-state index in [-0.39, 0.29) is 0 Å². The number of rotatable bonds is 4. The molecule has 20 heavy (non-hydrogen) atoms. The molecular formula is C17H23NO2. The maximum Gasteiger partial charge on any atom is 0.161 e. The van der Waals surface area contributed by atoms with Crippen molar-refractivity contribution < 1.29 is 9.47 Å². The van der Waals surface area contributed by atoms with Crippen LogP contribution >= 0.6 is 0 Å². The Kier molecular flexibility index (Phi) is 3.10. The van der Waals surface area contributed by atoms with E-state index < -0.39 is 0 Å². The fourth-order valence-electron chi connectivity index (χ4n) is 3.80. The van der Waals surface area contributed by atoms with E-state index in [4.69, 9.17) is 9.47 Å². The SMILES string of the molecule is c1cc2c(cc1CCCN1CC3(CCC3)C1)OCCO2. The van der Waals surface area contributed by atoms with Crippen LogP contribution < -0.4 is 9.47 Å². The first-order chi connectivity index (χ1) is 9.83. The van der Waals surface area contributed by atoms with Gasteiger partial charge in [0.1, 0.15) is 13.2 Å². The predicted molar refractivity (Wildman–Crippen MR) is 78.5 cm³/mol. The van der Waals surface area contributed by atoms with Crippen LogP contribution in [0.25, 0.3) is 0 Å². The third kappa shape index (κ3) is 2.28. The average molecular weight is 273 g/mol. The van der Waals surface area contributed by atoms with E-state index in [2.05, 4.69) is 23.1 Å². The van der Waals surface area contributed by atoms with Crippen LogP contribution in [-0.4, -0.2) is 37.7 Å². The van der Waals surface area contributed by atoms with Gasteiger partial charge in [0.05, 0.1) is 0 Å². The third-order valence-electron chi connectivity index (χ3n) is 5.08. The molecule has 0 aromatic heterocycles. The number of benzene rings is 1. The summed E-state index contributed by atoms with van der Waals surface area (Å²) in [5.74, 6) is 1.82. The lowest BCUT2D eigenvalue weighted by atomic mass is 9.63. The standard InChI is InChI=1S/C17H23NO2/c1(8-18-12-17(13-18)6-2-7-17)3-14-4-5-15-16(11-14)20-10-9-19-15/h4-5,11H,1-3,6-10,12-13H2. The van der Waals surface area contributed by atoms with E-state index in [1.54, 1.807) is 0 Å². The molecule has 3 aliphatic rings. The molecule has 0 amide bonds. The maximum atomic E-state index is 5.64. The highest BCUT2D eigenvalue weighted by Gasteiger charge is 2.46. The molecule has 2 fully saturated rings. The van der Waals surface area contributed by atoms with Gasteiger partial charge in [0.2, 0.25) is 0 Å². The summed E-state index contributed by atoms with van der Waals surface area (Å²) in [6.45, 7) is 5.30.